The minimum absolute atomic E-state index is 0.670. The lowest BCUT2D eigenvalue weighted by atomic mass is 10.1. The number of hydrogen-bond donors (Lipinski definition) is 0. The fourth-order valence-corrected chi connectivity index (χ4v) is 1.83. The molecule has 0 fully saturated rings. The second kappa shape index (κ2) is 5.48. The summed E-state index contributed by atoms with van der Waals surface area (Å²) in [5.74, 6) is 1.77. The summed E-state index contributed by atoms with van der Waals surface area (Å²) in [6.07, 6.45) is 4.10. The highest BCUT2D eigenvalue weighted by atomic mass is 16.3. The standard InChI is InChI=1S/C15H16O2/c1-2-3-7-13-9-10-15(17-13)14-8-5-4-6-12(14)11-16/h4-6,8-11H,2-3,7H2,1H3. The smallest absolute Gasteiger partial charge is 0.150 e. The van der Waals surface area contributed by atoms with Crippen molar-refractivity contribution in [1.29, 1.82) is 0 Å². The van der Waals surface area contributed by atoms with E-state index in [0.717, 1.165) is 42.6 Å². The van der Waals surface area contributed by atoms with Gasteiger partial charge in [-0.1, -0.05) is 37.6 Å². The number of aryl methyl sites for hydroxylation is 1. The molecule has 2 rings (SSSR count). The predicted molar refractivity (Wildman–Crippen MR) is 68.1 cm³/mol. The van der Waals surface area contributed by atoms with E-state index in [1.54, 1.807) is 6.07 Å². The van der Waals surface area contributed by atoms with Crippen LogP contribution in [-0.4, -0.2) is 6.29 Å². The Morgan fingerprint density at radius 1 is 1.18 bits per heavy atom. The van der Waals surface area contributed by atoms with Crippen LogP contribution in [0.5, 0.6) is 0 Å². The van der Waals surface area contributed by atoms with Crippen molar-refractivity contribution in [1.82, 2.24) is 0 Å². The van der Waals surface area contributed by atoms with Crippen LogP contribution in [0.3, 0.4) is 0 Å². The molecule has 0 saturated heterocycles. The Balaban J connectivity index is 2.27. The molecule has 2 nitrogen and oxygen atoms in total. The molecule has 1 aromatic carbocycles. The van der Waals surface area contributed by atoms with Crippen LogP contribution in [0.2, 0.25) is 0 Å². The molecule has 0 N–H and O–H groups in total. The molecule has 88 valence electrons. The van der Waals surface area contributed by atoms with Gasteiger partial charge in [0, 0.05) is 17.5 Å². The molecule has 2 aromatic rings. The van der Waals surface area contributed by atoms with E-state index in [4.69, 9.17) is 4.42 Å². The maximum absolute atomic E-state index is 10.9. The third kappa shape index (κ3) is 2.64. The van der Waals surface area contributed by atoms with Gasteiger partial charge in [0.1, 0.15) is 11.5 Å². The highest BCUT2D eigenvalue weighted by Crippen LogP contribution is 2.25. The first-order chi connectivity index (χ1) is 8.35. The molecule has 0 unspecified atom stereocenters. The average Bonchev–Trinajstić information content (AvgIpc) is 2.85. The lowest BCUT2D eigenvalue weighted by Crippen LogP contribution is -1.85. The summed E-state index contributed by atoms with van der Waals surface area (Å²) in [5, 5.41) is 0. The van der Waals surface area contributed by atoms with Crippen molar-refractivity contribution in [2.45, 2.75) is 26.2 Å². The highest BCUT2D eigenvalue weighted by Gasteiger charge is 2.08. The lowest BCUT2D eigenvalue weighted by molar-refractivity contribution is 0.112. The van der Waals surface area contributed by atoms with Crippen LogP contribution in [0.25, 0.3) is 11.3 Å². The van der Waals surface area contributed by atoms with Crippen molar-refractivity contribution >= 4 is 6.29 Å². The monoisotopic (exact) mass is 228 g/mol. The molecule has 0 saturated carbocycles. The van der Waals surface area contributed by atoms with Gasteiger partial charge in [0.25, 0.3) is 0 Å². The number of benzene rings is 1. The molecule has 0 aliphatic carbocycles. The minimum atomic E-state index is 0.670. The fourth-order valence-electron chi connectivity index (χ4n) is 1.83. The van der Waals surface area contributed by atoms with Gasteiger partial charge >= 0.3 is 0 Å². The number of furan rings is 1. The molecule has 2 heteroatoms. The van der Waals surface area contributed by atoms with E-state index in [1.165, 1.54) is 0 Å². The number of rotatable bonds is 5. The van der Waals surface area contributed by atoms with E-state index >= 15 is 0 Å². The van der Waals surface area contributed by atoms with Gasteiger partial charge in [-0.3, -0.25) is 4.79 Å². The Bertz CT molecular complexity index is 497. The summed E-state index contributed by atoms with van der Waals surface area (Å²) in [7, 11) is 0. The van der Waals surface area contributed by atoms with Crippen LogP contribution < -0.4 is 0 Å². The number of unbranched alkanes of at least 4 members (excludes halogenated alkanes) is 1. The quantitative estimate of drug-likeness (QED) is 0.721. The normalized spacial score (nSPS) is 10.4. The summed E-state index contributed by atoms with van der Waals surface area (Å²) in [4.78, 5) is 10.9. The summed E-state index contributed by atoms with van der Waals surface area (Å²) in [6.45, 7) is 2.16. The molecule has 1 heterocycles. The zero-order valence-electron chi connectivity index (χ0n) is 9.98. The zero-order chi connectivity index (χ0) is 12.1. The maximum atomic E-state index is 10.9. The summed E-state index contributed by atoms with van der Waals surface area (Å²) in [6, 6.07) is 11.4. The molecular formula is C15H16O2. The van der Waals surface area contributed by atoms with Gasteiger partial charge < -0.3 is 4.42 Å². The number of carbonyl (C=O) groups is 1. The van der Waals surface area contributed by atoms with Crippen LogP contribution in [0.15, 0.2) is 40.8 Å². The van der Waals surface area contributed by atoms with E-state index in [2.05, 4.69) is 6.92 Å². The highest BCUT2D eigenvalue weighted by molar-refractivity contribution is 5.86. The Labute approximate surface area is 101 Å². The minimum Gasteiger partial charge on any atom is -0.461 e. The van der Waals surface area contributed by atoms with E-state index in [-0.39, 0.29) is 0 Å². The van der Waals surface area contributed by atoms with Gasteiger partial charge in [0.05, 0.1) is 0 Å². The molecule has 0 aliphatic rings. The Hall–Kier alpha value is -1.83. The van der Waals surface area contributed by atoms with Crippen molar-refractivity contribution in [3.63, 3.8) is 0 Å². The number of hydrogen-bond acceptors (Lipinski definition) is 2. The van der Waals surface area contributed by atoms with Crippen LogP contribution >= 0.6 is 0 Å². The third-order valence-corrected chi connectivity index (χ3v) is 2.79. The van der Waals surface area contributed by atoms with Crippen molar-refractivity contribution in [2.24, 2.45) is 0 Å². The number of aldehydes is 1. The van der Waals surface area contributed by atoms with Crippen molar-refractivity contribution < 1.29 is 9.21 Å². The predicted octanol–water partition coefficient (Wildman–Crippen LogP) is 4.10. The molecular weight excluding hydrogens is 212 g/mol. The van der Waals surface area contributed by atoms with Gasteiger partial charge in [-0.2, -0.15) is 0 Å². The van der Waals surface area contributed by atoms with Crippen LogP contribution in [0, 0.1) is 0 Å². The summed E-state index contributed by atoms with van der Waals surface area (Å²) >= 11 is 0. The van der Waals surface area contributed by atoms with Crippen molar-refractivity contribution in [3.05, 3.63) is 47.7 Å². The molecule has 0 atom stereocenters. The van der Waals surface area contributed by atoms with Crippen molar-refractivity contribution in [3.8, 4) is 11.3 Å². The number of carbonyl (C=O) groups excluding carboxylic acids is 1. The largest absolute Gasteiger partial charge is 0.461 e. The zero-order valence-corrected chi connectivity index (χ0v) is 9.98. The molecule has 0 aliphatic heterocycles. The molecule has 17 heavy (non-hydrogen) atoms. The van der Waals surface area contributed by atoms with E-state index < -0.39 is 0 Å². The SMILES string of the molecule is CCCCc1ccc(-c2ccccc2C=O)o1. The molecule has 0 bridgehead atoms. The van der Waals surface area contributed by atoms with E-state index in [9.17, 15) is 4.79 Å². The Morgan fingerprint density at radius 3 is 2.76 bits per heavy atom. The van der Waals surface area contributed by atoms with Crippen molar-refractivity contribution in [2.75, 3.05) is 0 Å². The van der Waals surface area contributed by atoms with Gasteiger partial charge in [0.15, 0.2) is 6.29 Å². The van der Waals surface area contributed by atoms with Gasteiger partial charge in [-0.25, -0.2) is 0 Å². The maximum Gasteiger partial charge on any atom is 0.150 e. The Morgan fingerprint density at radius 2 is 2.00 bits per heavy atom. The first-order valence-electron chi connectivity index (χ1n) is 5.98. The molecule has 1 aromatic heterocycles. The molecule has 0 amide bonds. The van der Waals surface area contributed by atoms with Crippen LogP contribution in [-0.2, 0) is 6.42 Å². The second-order valence-electron chi connectivity index (χ2n) is 4.07. The van der Waals surface area contributed by atoms with E-state index in [0.29, 0.717) is 5.56 Å². The summed E-state index contributed by atoms with van der Waals surface area (Å²) in [5.41, 5.74) is 1.54. The molecule has 0 spiro atoms. The average molecular weight is 228 g/mol. The first-order valence-corrected chi connectivity index (χ1v) is 5.98. The first kappa shape index (κ1) is 11.6. The summed E-state index contributed by atoms with van der Waals surface area (Å²) < 4.78 is 5.76. The van der Waals surface area contributed by atoms with Gasteiger partial charge in [0.2, 0.25) is 0 Å². The second-order valence-corrected chi connectivity index (χ2v) is 4.07. The third-order valence-electron chi connectivity index (χ3n) is 2.79. The van der Waals surface area contributed by atoms with Gasteiger partial charge in [-0.05, 0) is 18.6 Å². The molecule has 0 radical (unpaired) electrons. The van der Waals surface area contributed by atoms with E-state index in [1.807, 2.05) is 30.3 Å². The van der Waals surface area contributed by atoms with Crippen LogP contribution in [0.1, 0.15) is 35.9 Å². The fraction of sp³-hybridized carbons (Fsp3) is 0.267. The van der Waals surface area contributed by atoms with Crippen LogP contribution in [0.4, 0.5) is 0 Å². The lowest BCUT2D eigenvalue weighted by Gasteiger charge is -2.00. The Kier molecular flexibility index (Phi) is 3.76. The van der Waals surface area contributed by atoms with Gasteiger partial charge in [-0.15, -0.1) is 0 Å². The topological polar surface area (TPSA) is 30.2 Å².